The van der Waals surface area contributed by atoms with E-state index in [4.69, 9.17) is 4.74 Å². The second-order valence-corrected chi connectivity index (χ2v) is 5.43. The third-order valence-electron chi connectivity index (χ3n) is 3.57. The molecular weight excluding hydrogens is 240 g/mol. The highest BCUT2D eigenvalue weighted by atomic mass is 16.5. The Balaban J connectivity index is 1.91. The summed E-state index contributed by atoms with van der Waals surface area (Å²) in [7, 11) is 0. The van der Waals surface area contributed by atoms with Gasteiger partial charge in [-0.3, -0.25) is 4.79 Å². The van der Waals surface area contributed by atoms with Crippen LogP contribution in [0.3, 0.4) is 0 Å². The SMILES string of the molecule is CC(C)(C(=O)NCC1COCCN1)c1ccccc1. The average Bonchev–Trinajstić information content (AvgIpc) is 2.46. The number of morpholine rings is 1. The van der Waals surface area contributed by atoms with E-state index in [1.54, 1.807) is 0 Å². The fourth-order valence-corrected chi connectivity index (χ4v) is 2.17. The molecule has 104 valence electrons. The molecule has 2 rings (SSSR count). The number of hydrogen-bond acceptors (Lipinski definition) is 3. The van der Waals surface area contributed by atoms with Crippen LogP contribution in [-0.2, 0) is 14.9 Å². The lowest BCUT2D eigenvalue weighted by Gasteiger charge is -2.28. The molecule has 1 aromatic rings. The van der Waals surface area contributed by atoms with Crippen molar-refractivity contribution in [3.8, 4) is 0 Å². The van der Waals surface area contributed by atoms with Crippen molar-refractivity contribution in [1.82, 2.24) is 10.6 Å². The minimum absolute atomic E-state index is 0.0473. The molecule has 2 N–H and O–H groups in total. The Morgan fingerprint density at radius 3 is 2.79 bits per heavy atom. The standard InChI is InChI=1S/C15H22N2O2/c1-15(2,12-6-4-3-5-7-12)14(18)17-10-13-11-19-9-8-16-13/h3-7,13,16H,8-11H2,1-2H3,(H,17,18). The first-order chi connectivity index (χ1) is 9.10. The summed E-state index contributed by atoms with van der Waals surface area (Å²) in [6.45, 7) is 6.76. The van der Waals surface area contributed by atoms with Gasteiger partial charge in [-0.1, -0.05) is 30.3 Å². The van der Waals surface area contributed by atoms with Crippen molar-refractivity contribution in [2.75, 3.05) is 26.3 Å². The van der Waals surface area contributed by atoms with E-state index in [0.717, 1.165) is 18.7 Å². The lowest BCUT2D eigenvalue weighted by molar-refractivity contribution is -0.125. The van der Waals surface area contributed by atoms with Crippen molar-refractivity contribution in [3.63, 3.8) is 0 Å². The van der Waals surface area contributed by atoms with Crippen molar-refractivity contribution >= 4 is 5.91 Å². The van der Waals surface area contributed by atoms with Gasteiger partial charge in [-0.25, -0.2) is 0 Å². The lowest BCUT2D eigenvalue weighted by atomic mass is 9.84. The van der Waals surface area contributed by atoms with Crippen LogP contribution >= 0.6 is 0 Å². The third-order valence-corrected chi connectivity index (χ3v) is 3.57. The largest absolute Gasteiger partial charge is 0.378 e. The van der Waals surface area contributed by atoms with Crippen LogP contribution in [0.5, 0.6) is 0 Å². The van der Waals surface area contributed by atoms with E-state index in [-0.39, 0.29) is 11.9 Å². The molecular formula is C15H22N2O2. The molecule has 19 heavy (non-hydrogen) atoms. The van der Waals surface area contributed by atoms with Crippen LogP contribution in [0.1, 0.15) is 19.4 Å². The van der Waals surface area contributed by atoms with E-state index in [9.17, 15) is 4.79 Å². The van der Waals surface area contributed by atoms with Gasteiger partial charge in [0.15, 0.2) is 0 Å². The van der Waals surface area contributed by atoms with Gasteiger partial charge in [-0.2, -0.15) is 0 Å². The maximum atomic E-state index is 12.3. The van der Waals surface area contributed by atoms with Crippen molar-refractivity contribution in [2.45, 2.75) is 25.3 Å². The monoisotopic (exact) mass is 262 g/mol. The summed E-state index contributed by atoms with van der Waals surface area (Å²) in [5, 5.41) is 6.34. The minimum atomic E-state index is -0.517. The predicted molar refractivity (Wildman–Crippen MR) is 75.1 cm³/mol. The summed E-state index contributed by atoms with van der Waals surface area (Å²) in [4.78, 5) is 12.3. The third kappa shape index (κ3) is 3.55. The number of carbonyl (C=O) groups excluding carboxylic acids is 1. The van der Waals surface area contributed by atoms with E-state index < -0.39 is 5.41 Å². The van der Waals surface area contributed by atoms with E-state index in [1.807, 2.05) is 44.2 Å². The first-order valence-corrected chi connectivity index (χ1v) is 6.75. The average molecular weight is 262 g/mol. The van der Waals surface area contributed by atoms with Crippen molar-refractivity contribution in [1.29, 1.82) is 0 Å². The summed E-state index contributed by atoms with van der Waals surface area (Å²) in [5.74, 6) is 0.0473. The lowest BCUT2D eigenvalue weighted by Crippen LogP contribution is -2.51. The first kappa shape index (κ1) is 14.0. The van der Waals surface area contributed by atoms with Gasteiger partial charge in [0, 0.05) is 19.1 Å². The Bertz CT molecular complexity index is 411. The molecule has 1 unspecified atom stereocenters. The fraction of sp³-hybridized carbons (Fsp3) is 0.533. The Kier molecular flexibility index (Phi) is 4.56. The number of benzene rings is 1. The minimum Gasteiger partial charge on any atom is -0.378 e. The molecule has 1 aromatic carbocycles. The van der Waals surface area contributed by atoms with Gasteiger partial charge in [0.25, 0.3) is 0 Å². The molecule has 0 radical (unpaired) electrons. The number of ether oxygens (including phenoxy) is 1. The summed E-state index contributed by atoms with van der Waals surface area (Å²) in [6.07, 6.45) is 0. The molecule has 1 amide bonds. The Hall–Kier alpha value is -1.39. The van der Waals surface area contributed by atoms with Crippen molar-refractivity contribution in [3.05, 3.63) is 35.9 Å². The molecule has 0 saturated carbocycles. The van der Waals surface area contributed by atoms with Crippen LogP contribution in [0.15, 0.2) is 30.3 Å². The van der Waals surface area contributed by atoms with E-state index in [0.29, 0.717) is 13.2 Å². The normalized spacial score (nSPS) is 20.0. The molecule has 0 aromatic heterocycles. The number of hydrogen-bond donors (Lipinski definition) is 2. The van der Waals surface area contributed by atoms with Gasteiger partial charge in [0.2, 0.25) is 5.91 Å². The second-order valence-electron chi connectivity index (χ2n) is 5.43. The quantitative estimate of drug-likeness (QED) is 0.853. The molecule has 0 spiro atoms. The number of rotatable bonds is 4. The highest BCUT2D eigenvalue weighted by Gasteiger charge is 2.29. The Labute approximate surface area is 114 Å². The van der Waals surface area contributed by atoms with Crippen LogP contribution < -0.4 is 10.6 Å². The molecule has 1 aliphatic heterocycles. The maximum Gasteiger partial charge on any atom is 0.230 e. The second kappa shape index (κ2) is 6.17. The molecule has 1 atom stereocenters. The van der Waals surface area contributed by atoms with E-state index in [1.165, 1.54) is 0 Å². The zero-order valence-corrected chi connectivity index (χ0v) is 11.6. The molecule has 1 aliphatic rings. The van der Waals surface area contributed by atoms with Gasteiger partial charge in [-0.05, 0) is 19.4 Å². The molecule has 0 aliphatic carbocycles. The van der Waals surface area contributed by atoms with Gasteiger partial charge in [0.05, 0.1) is 18.6 Å². The van der Waals surface area contributed by atoms with Crippen molar-refractivity contribution in [2.24, 2.45) is 0 Å². The van der Waals surface area contributed by atoms with E-state index >= 15 is 0 Å². The number of nitrogens with one attached hydrogen (secondary N) is 2. The number of carbonyl (C=O) groups is 1. The van der Waals surface area contributed by atoms with Gasteiger partial charge >= 0.3 is 0 Å². The van der Waals surface area contributed by atoms with Crippen LogP contribution in [-0.4, -0.2) is 38.3 Å². The summed E-state index contributed by atoms with van der Waals surface area (Å²) in [6, 6.07) is 10.1. The van der Waals surface area contributed by atoms with Gasteiger partial charge < -0.3 is 15.4 Å². The van der Waals surface area contributed by atoms with E-state index in [2.05, 4.69) is 10.6 Å². The number of amides is 1. The predicted octanol–water partition coefficient (Wildman–Crippen LogP) is 1.07. The molecule has 0 bridgehead atoms. The first-order valence-electron chi connectivity index (χ1n) is 6.75. The zero-order valence-electron chi connectivity index (χ0n) is 11.6. The van der Waals surface area contributed by atoms with Crippen molar-refractivity contribution < 1.29 is 9.53 Å². The smallest absolute Gasteiger partial charge is 0.230 e. The Morgan fingerprint density at radius 2 is 2.16 bits per heavy atom. The summed E-state index contributed by atoms with van der Waals surface area (Å²) in [5.41, 5.74) is 0.511. The molecule has 1 heterocycles. The molecule has 1 saturated heterocycles. The van der Waals surface area contributed by atoms with Crippen LogP contribution in [0, 0.1) is 0 Å². The summed E-state index contributed by atoms with van der Waals surface area (Å²) >= 11 is 0. The Morgan fingerprint density at radius 1 is 1.42 bits per heavy atom. The fourth-order valence-electron chi connectivity index (χ4n) is 2.17. The highest BCUT2D eigenvalue weighted by molar-refractivity contribution is 5.87. The van der Waals surface area contributed by atoms with Gasteiger partial charge in [-0.15, -0.1) is 0 Å². The van der Waals surface area contributed by atoms with Crippen LogP contribution in [0.25, 0.3) is 0 Å². The molecule has 4 heteroatoms. The zero-order chi connectivity index (χ0) is 13.7. The maximum absolute atomic E-state index is 12.3. The molecule has 1 fully saturated rings. The van der Waals surface area contributed by atoms with Crippen LogP contribution in [0.4, 0.5) is 0 Å². The highest BCUT2D eigenvalue weighted by Crippen LogP contribution is 2.22. The van der Waals surface area contributed by atoms with Gasteiger partial charge in [0.1, 0.15) is 0 Å². The summed E-state index contributed by atoms with van der Waals surface area (Å²) < 4.78 is 5.37. The topological polar surface area (TPSA) is 50.4 Å². The van der Waals surface area contributed by atoms with Crippen LogP contribution in [0.2, 0.25) is 0 Å². The molecule has 4 nitrogen and oxygen atoms in total.